The van der Waals surface area contributed by atoms with E-state index in [0.29, 0.717) is 5.56 Å². The average molecular weight is 253 g/mol. The molecule has 0 heterocycles. The molecule has 0 amide bonds. The maximum Gasteiger partial charge on any atom is 0.339 e. The van der Waals surface area contributed by atoms with Crippen molar-refractivity contribution in [3.63, 3.8) is 0 Å². The van der Waals surface area contributed by atoms with Crippen LogP contribution in [0, 0.1) is 6.07 Å². The summed E-state index contributed by atoms with van der Waals surface area (Å²) >= 11 is 0. The second kappa shape index (κ2) is 5.43. The first kappa shape index (κ1) is 12.2. The molecule has 0 unspecified atom stereocenters. The van der Waals surface area contributed by atoms with Gasteiger partial charge in [-0.05, 0) is 42.5 Å². The van der Waals surface area contributed by atoms with Crippen LogP contribution in [0.15, 0.2) is 36.4 Å². The molecule has 0 atom stereocenters. The predicted octanol–water partition coefficient (Wildman–Crippen LogP) is 4.13. The summed E-state index contributed by atoms with van der Waals surface area (Å²) < 4.78 is 5.56. The summed E-state index contributed by atoms with van der Waals surface area (Å²) in [6.45, 7) is 0. The Morgan fingerprint density at radius 3 is 2.68 bits per heavy atom. The van der Waals surface area contributed by atoms with Crippen molar-refractivity contribution in [2.75, 3.05) is 0 Å². The van der Waals surface area contributed by atoms with E-state index >= 15 is 0 Å². The molecule has 2 nitrogen and oxygen atoms in total. The van der Waals surface area contributed by atoms with Gasteiger partial charge in [-0.3, -0.25) is 0 Å². The summed E-state index contributed by atoms with van der Waals surface area (Å²) in [5.41, 5.74) is 0.532. The van der Waals surface area contributed by atoms with Crippen molar-refractivity contribution in [1.82, 2.24) is 0 Å². The second-order valence-electron chi connectivity index (χ2n) is 5.12. The van der Waals surface area contributed by atoms with Gasteiger partial charge in [0, 0.05) is 6.07 Å². The van der Waals surface area contributed by atoms with Gasteiger partial charge in [0.25, 0.3) is 0 Å². The third-order valence-electron chi connectivity index (χ3n) is 3.71. The molecule has 2 aromatic carbocycles. The molecule has 1 fully saturated rings. The van der Waals surface area contributed by atoms with Gasteiger partial charge < -0.3 is 4.74 Å². The van der Waals surface area contributed by atoms with Gasteiger partial charge in [0.05, 0.1) is 5.56 Å². The molecule has 2 aromatic rings. The SMILES string of the molecule is O=C(OC1CCCCC1)c1[c]c2ccccc2cc1. The Hall–Kier alpha value is -1.83. The zero-order valence-electron chi connectivity index (χ0n) is 10.9. The Morgan fingerprint density at radius 1 is 1.05 bits per heavy atom. The lowest BCUT2D eigenvalue weighted by atomic mass is 9.98. The van der Waals surface area contributed by atoms with Crippen molar-refractivity contribution in [1.29, 1.82) is 0 Å². The normalized spacial score (nSPS) is 16.4. The second-order valence-corrected chi connectivity index (χ2v) is 5.12. The van der Waals surface area contributed by atoms with Crippen molar-refractivity contribution in [3.05, 3.63) is 48.0 Å². The molecular weight excluding hydrogens is 236 g/mol. The van der Waals surface area contributed by atoms with Crippen LogP contribution in [-0.4, -0.2) is 12.1 Å². The van der Waals surface area contributed by atoms with Gasteiger partial charge >= 0.3 is 5.97 Å². The highest BCUT2D eigenvalue weighted by molar-refractivity contribution is 5.94. The van der Waals surface area contributed by atoms with Crippen LogP contribution in [0.3, 0.4) is 0 Å². The summed E-state index contributed by atoms with van der Waals surface area (Å²) in [7, 11) is 0. The van der Waals surface area contributed by atoms with E-state index in [2.05, 4.69) is 6.07 Å². The van der Waals surface area contributed by atoms with Gasteiger partial charge in [-0.25, -0.2) is 4.79 Å². The van der Waals surface area contributed by atoms with Gasteiger partial charge in [0.15, 0.2) is 0 Å². The van der Waals surface area contributed by atoms with Crippen LogP contribution in [-0.2, 0) is 4.74 Å². The Morgan fingerprint density at radius 2 is 1.84 bits per heavy atom. The number of esters is 1. The molecule has 97 valence electrons. The summed E-state index contributed by atoms with van der Waals surface area (Å²) in [6.07, 6.45) is 5.69. The molecule has 19 heavy (non-hydrogen) atoms. The first-order chi connectivity index (χ1) is 9.33. The van der Waals surface area contributed by atoms with Crippen molar-refractivity contribution in [2.24, 2.45) is 0 Å². The number of ether oxygens (including phenoxy) is 1. The van der Waals surface area contributed by atoms with Crippen molar-refractivity contribution >= 4 is 16.7 Å². The van der Waals surface area contributed by atoms with E-state index in [1.54, 1.807) is 6.07 Å². The van der Waals surface area contributed by atoms with Crippen LogP contribution >= 0.6 is 0 Å². The molecule has 3 rings (SSSR count). The lowest BCUT2D eigenvalue weighted by Gasteiger charge is -2.21. The third-order valence-corrected chi connectivity index (χ3v) is 3.71. The number of carbonyl (C=O) groups is 1. The van der Waals surface area contributed by atoms with E-state index in [-0.39, 0.29) is 12.1 Å². The van der Waals surface area contributed by atoms with Gasteiger partial charge in [-0.1, -0.05) is 36.8 Å². The standard InChI is InChI=1S/C17H17O2/c18-17(19-16-8-2-1-3-9-16)15-11-10-13-6-4-5-7-14(13)12-15/h4-7,10-11,16H,1-3,8-9H2. The minimum atomic E-state index is -0.238. The third kappa shape index (κ3) is 2.78. The maximum absolute atomic E-state index is 12.1. The van der Waals surface area contributed by atoms with Crippen LogP contribution in [0.2, 0.25) is 0 Å². The van der Waals surface area contributed by atoms with Gasteiger partial charge in [0.1, 0.15) is 6.10 Å². The van der Waals surface area contributed by atoms with Gasteiger partial charge in [0.2, 0.25) is 0 Å². The van der Waals surface area contributed by atoms with E-state index < -0.39 is 0 Å². The molecule has 0 aromatic heterocycles. The molecular formula is C17H17O2. The fraction of sp³-hybridized carbons (Fsp3) is 0.353. The van der Waals surface area contributed by atoms with E-state index in [0.717, 1.165) is 23.6 Å². The number of benzene rings is 2. The Kier molecular flexibility index (Phi) is 3.49. The van der Waals surface area contributed by atoms with Gasteiger partial charge in [-0.15, -0.1) is 0 Å². The monoisotopic (exact) mass is 253 g/mol. The first-order valence-electron chi connectivity index (χ1n) is 6.95. The summed E-state index contributed by atoms with van der Waals surface area (Å²) in [5, 5.41) is 2.05. The molecule has 0 saturated heterocycles. The fourth-order valence-corrected chi connectivity index (χ4v) is 2.63. The highest BCUT2D eigenvalue weighted by Gasteiger charge is 2.18. The molecule has 2 heteroatoms. The molecule has 0 N–H and O–H groups in total. The molecule has 1 aliphatic rings. The summed E-state index contributed by atoms with van der Waals surface area (Å²) in [4.78, 5) is 12.1. The van der Waals surface area contributed by atoms with E-state index in [9.17, 15) is 4.79 Å². The Balaban J connectivity index is 1.77. The van der Waals surface area contributed by atoms with Crippen LogP contribution in [0.1, 0.15) is 42.5 Å². The Labute approximate surface area is 113 Å². The molecule has 0 spiro atoms. The summed E-state index contributed by atoms with van der Waals surface area (Å²) in [5.74, 6) is -0.238. The smallest absolute Gasteiger partial charge is 0.339 e. The van der Waals surface area contributed by atoms with E-state index in [4.69, 9.17) is 4.74 Å². The summed E-state index contributed by atoms with van der Waals surface area (Å²) in [6, 6.07) is 14.8. The molecule has 1 saturated carbocycles. The fourth-order valence-electron chi connectivity index (χ4n) is 2.63. The van der Waals surface area contributed by atoms with Crippen LogP contribution in [0.5, 0.6) is 0 Å². The highest BCUT2D eigenvalue weighted by Crippen LogP contribution is 2.22. The lowest BCUT2D eigenvalue weighted by Crippen LogP contribution is -2.20. The largest absolute Gasteiger partial charge is 0.459 e. The average Bonchev–Trinajstić information content (AvgIpc) is 2.48. The van der Waals surface area contributed by atoms with Crippen molar-refractivity contribution < 1.29 is 9.53 Å². The minimum absolute atomic E-state index is 0.0983. The highest BCUT2D eigenvalue weighted by atomic mass is 16.5. The quantitative estimate of drug-likeness (QED) is 0.752. The van der Waals surface area contributed by atoms with Crippen molar-refractivity contribution in [3.8, 4) is 0 Å². The maximum atomic E-state index is 12.1. The predicted molar refractivity (Wildman–Crippen MR) is 75.1 cm³/mol. The number of hydrogen-bond acceptors (Lipinski definition) is 2. The minimum Gasteiger partial charge on any atom is -0.459 e. The number of fused-ring (bicyclic) bond motifs is 1. The van der Waals surface area contributed by atoms with Crippen molar-refractivity contribution in [2.45, 2.75) is 38.2 Å². The molecule has 0 bridgehead atoms. The topological polar surface area (TPSA) is 26.3 Å². The lowest BCUT2D eigenvalue weighted by molar-refractivity contribution is 0.0211. The zero-order chi connectivity index (χ0) is 13.1. The first-order valence-corrected chi connectivity index (χ1v) is 6.95. The van der Waals surface area contributed by atoms with E-state index in [1.807, 2.05) is 30.3 Å². The number of rotatable bonds is 2. The van der Waals surface area contributed by atoms with Crippen LogP contribution in [0.4, 0.5) is 0 Å². The molecule has 1 aliphatic carbocycles. The zero-order valence-corrected chi connectivity index (χ0v) is 10.9. The number of hydrogen-bond donors (Lipinski definition) is 0. The van der Waals surface area contributed by atoms with Gasteiger partial charge in [-0.2, -0.15) is 0 Å². The molecule has 0 aliphatic heterocycles. The Bertz CT molecular complexity index is 583. The van der Waals surface area contributed by atoms with Crippen LogP contribution < -0.4 is 0 Å². The van der Waals surface area contributed by atoms with E-state index in [1.165, 1.54) is 19.3 Å². The van der Waals surface area contributed by atoms with Crippen LogP contribution in [0.25, 0.3) is 10.8 Å². The molecule has 1 radical (unpaired) electrons. The number of carbonyl (C=O) groups excluding carboxylic acids is 1.